The summed E-state index contributed by atoms with van der Waals surface area (Å²) in [5, 5.41) is 3.35. The second-order valence-electron chi connectivity index (χ2n) is 6.73. The zero-order valence-corrected chi connectivity index (χ0v) is 13.2. The zero-order chi connectivity index (χ0) is 14.3. The Labute approximate surface area is 119 Å². The van der Waals surface area contributed by atoms with Gasteiger partial charge < -0.3 is 10.2 Å². The maximum Gasteiger partial charge on any atom is 0.226 e. The summed E-state index contributed by atoms with van der Waals surface area (Å²) >= 11 is 0. The maximum atomic E-state index is 12.6. The lowest BCUT2D eigenvalue weighted by Gasteiger charge is -2.30. The highest BCUT2D eigenvalue weighted by Gasteiger charge is 2.25. The Morgan fingerprint density at radius 2 is 1.74 bits per heavy atom. The molecule has 3 nitrogen and oxygen atoms in total. The smallest absolute Gasteiger partial charge is 0.226 e. The molecule has 0 unspecified atom stereocenters. The van der Waals surface area contributed by atoms with Crippen molar-refractivity contribution in [2.45, 2.75) is 53.4 Å². The van der Waals surface area contributed by atoms with Gasteiger partial charge in [0.1, 0.15) is 0 Å². The number of carbonyl (C=O) groups is 1. The Bertz CT molecular complexity index is 245. The number of nitrogens with zero attached hydrogens (tertiary/aromatic N) is 1. The SMILES string of the molecule is CC(C)CCN(CCC(C)C)C(=O)[C@H]1CCCNC1. The quantitative estimate of drug-likeness (QED) is 0.770. The molecule has 1 amide bonds. The van der Waals surface area contributed by atoms with Crippen LogP contribution in [0.25, 0.3) is 0 Å². The van der Waals surface area contributed by atoms with Crippen molar-refractivity contribution in [3.05, 3.63) is 0 Å². The number of piperidine rings is 1. The molecule has 112 valence electrons. The fourth-order valence-corrected chi connectivity index (χ4v) is 2.48. The Balaban J connectivity index is 2.51. The molecule has 0 bridgehead atoms. The molecular weight excluding hydrogens is 236 g/mol. The molecule has 19 heavy (non-hydrogen) atoms. The van der Waals surface area contributed by atoms with E-state index in [2.05, 4.69) is 37.9 Å². The van der Waals surface area contributed by atoms with Crippen LogP contribution in [-0.4, -0.2) is 37.0 Å². The average Bonchev–Trinajstić information content (AvgIpc) is 2.38. The number of amides is 1. The first-order valence-corrected chi connectivity index (χ1v) is 8.00. The van der Waals surface area contributed by atoms with Gasteiger partial charge in [-0.3, -0.25) is 4.79 Å². The minimum atomic E-state index is 0.216. The standard InChI is InChI=1S/C16H32N2O/c1-13(2)7-10-18(11-8-14(3)4)16(19)15-6-5-9-17-12-15/h13-15,17H,5-12H2,1-4H3/t15-/m0/s1. The van der Waals surface area contributed by atoms with Crippen LogP contribution in [0.2, 0.25) is 0 Å². The minimum absolute atomic E-state index is 0.216. The molecule has 3 heteroatoms. The fourth-order valence-electron chi connectivity index (χ4n) is 2.48. The van der Waals surface area contributed by atoms with Crippen molar-refractivity contribution in [3.63, 3.8) is 0 Å². The van der Waals surface area contributed by atoms with Gasteiger partial charge in [0.2, 0.25) is 5.91 Å². The van der Waals surface area contributed by atoms with Crippen molar-refractivity contribution < 1.29 is 4.79 Å². The number of hydrogen-bond acceptors (Lipinski definition) is 2. The summed E-state index contributed by atoms with van der Waals surface area (Å²) in [6.45, 7) is 12.7. The van der Waals surface area contributed by atoms with E-state index in [1.807, 2.05) is 0 Å². The van der Waals surface area contributed by atoms with Crippen molar-refractivity contribution >= 4 is 5.91 Å². The molecule has 1 heterocycles. The number of rotatable bonds is 7. The van der Waals surface area contributed by atoms with Crippen molar-refractivity contribution in [2.75, 3.05) is 26.2 Å². The van der Waals surface area contributed by atoms with E-state index < -0.39 is 0 Å². The van der Waals surface area contributed by atoms with E-state index in [1.54, 1.807) is 0 Å². The molecule has 0 radical (unpaired) electrons. The van der Waals surface area contributed by atoms with Gasteiger partial charge in [0.25, 0.3) is 0 Å². The summed E-state index contributed by atoms with van der Waals surface area (Å²) in [7, 11) is 0. The molecule has 1 fully saturated rings. The van der Waals surface area contributed by atoms with Crippen LogP contribution in [0.1, 0.15) is 53.4 Å². The number of nitrogens with one attached hydrogen (secondary N) is 1. The van der Waals surface area contributed by atoms with Gasteiger partial charge in [0, 0.05) is 19.6 Å². The summed E-state index contributed by atoms with van der Waals surface area (Å²) in [6.07, 6.45) is 4.43. The topological polar surface area (TPSA) is 32.3 Å². The Morgan fingerprint density at radius 1 is 1.16 bits per heavy atom. The van der Waals surface area contributed by atoms with E-state index in [9.17, 15) is 4.79 Å². The van der Waals surface area contributed by atoms with Gasteiger partial charge in [-0.05, 0) is 44.1 Å². The lowest BCUT2D eigenvalue weighted by Crippen LogP contribution is -2.44. The molecule has 0 aliphatic carbocycles. The van der Waals surface area contributed by atoms with E-state index in [0.717, 1.165) is 51.9 Å². The molecule has 0 aromatic heterocycles. The van der Waals surface area contributed by atoms with Gasteiger partial charge in [-0.1, -0.05) is 27.7 Å². The second kappa shape index (κ2) is 8.57. The number of carbonyl (C=O) groups excluding carboxylic acids is 1. The van der Waals surface area contributed by atoms with Gasteiger partial charge in [-0.25, -0.2) is 0 Å². The average molecular weight is 268 g/mol. The fraction of sp³-hybridized carbons (Fsp3) is 0.938. The monoisotopic (exact) mass is 268 g/mol. The van der Waals surface area contributed by atoms with Crippen molar-refractivity contribution in [1.82, 2.24) is 10.2 Å². The molecule has 1 rings (SSSR count). The van der Waals surface area contributed by atoms with Crippen molar-refractivity contribution in [3.8, 4) is 0 Å². The summed E-state index contributed by atoms with van der Waals surface area (Å²) in [4.78, 5) is 14.7. The summed E-state index contributed by atoms with van der Waals surface area (Å²) < 4.78 is 0. The second-order valence-corrected chi connectivity index (χ2v) is 6.73. The molecule has 1 atom stereocenters. The van der Waals surface area contributed by atoms with Crippen LogP contribution < -0.4 is 5.32 Å². The van der Waals surface area contributed by atoms with Gasteiger partial charge in [-0.2, -0.15) is 0 Å². The zero-order valence-electron chi connectivity index (χ0n) is 13.2. The van der Waals surface area contributed by atoms with E-state index >= 15 is 0 Å². The first-order chi connectivity index (χ1) is 9.00. The third-order valence-electron chi connectivity index (χ3n) is 3.91. The third-order valence-corrected chi connectivity index (χ3v) is 3.91. The highest BCUT2D eigenvalue weighted by Crippen LogP contribution is 2.16. The van der Waals surface area contributed by atoms with Gasteiger partial charge >= 0.3 is 0 Å². The molecule has 1 aliphatic heterocycles. The molecule has 0 aromatic rings. The lowest BCUT2D eigenvalue weighted by atomic mass is 9.97. The van der Waals surface area contributed by atoms with E-state index in [0.29, 0.717) is 17.7 Å². The molecule has 1 N–H and O–H groups in total. The maximum absolute atomic E-state index is 12.6. The third kappa shape index (κ3) is 6.42. The van der Waals surface area contributed by atoms with Crippen LogP contribution in [-0.2, 0) is 4.79 Å². The first-order valence-electron chi connectivity index (χ1n) is 8.00. The highest BCUT2D eigenvalue weighted by atomic mass is 16.2. The summed E-state index contributed by atoms with van der Waals surface area (Å²) in [5.41, 5.74) is 0. The molecule has 1 saturated heterocycles. The lowest BCUT2D eigenvalue weighted by molar-refractivity contribution is -0.136. The first kappa shape index (κ1) is 16.5. The van der Waals surface area contributed by atoms with Crippen molar-refractivity contribution in [2.24, 2.45) is 17.8 Å². The van der Waals surface area contributed by atoms with Crippen LogP contribution in [0.5, 0.6) is 0 Å². The van der Waals surface area contributed by atoms with Crippen LogP contribution in [0, 0.1) is 17.8 Å². The van der Waals surface area contributed by atoms with Crippen LogP contribution >= 0.6 is 0 Å². The molecular formula is C16H32N2O. The van der Waals surface area contributed by atoms with E-state index in [4.69, 9.17) is 0 Å². The summed E-state index contributed by atoms with van der Waals surface area (Å²) in [6, 6.07) is 0. The Kier molecular flexibility index (Phi) is 7.44. The normalized spacial score (nSPS) is 20.0. The molecule has 0 spiro atoms. The molecule has 0 aromatic carbocycles. The highest BCUT2D eigenvalue weighted by molar-refractivity contribution is 5.79. The van der Waals surface area contributed by atoms with Gasteiger partial charge in [-0.15, -0.1) is 0 Å². The van der Waals surface area contributed by atoms with Crippen LogP contribution in [0.4, 0.5) is 0 Å². The predicted octanol–water partition coefficient (Wildman–Crippen LogP) is 2.91. The largest absolute Gasteiger partial charge is 0.342 e. The van der Waals surface area contributed by atoms with Crippen LogP contribution in [0.15, 0.2) is 0 Å². The Morgan fingerprint density at radius 3 is 2.16 bits per heavy atom. The van der Waals surface area contributed by atoms with Gasteiger partial charge in [0.15, 0.2) is 0 Å². The van der Waals surface area contributed by atoms with E-state index in [-0.39, 0.29) is 5.92 Å². The van der Waals surface area contributed by atoms with Gasteiger partial charge in [0.05, 0.1) is 5.92 Å². The minimum Gasteiger partial charge on any atom is -0.342 e. The van der Waals surface area contributed by atoms with Crippen molar-refractivity contribution in [1.29, 1.82) is 0 Å². The van der Waals surface area contributed by atoms with Crippen LogP contribution in [0.3, 0.4) is 0 Å². The Hall–Kier alpha value is -0.570. The predicted molar refractivity (Wildman–Crippen MR) is 81.1 cm³/mol. The molecule has 1 aliphatic rings. The molecule has 0 saturated carbocycles. The number of hydrogen-bond donors (Lipinski definition) is 1. The summed E-state index contributed by atoms with van der Waals surface area (Å²) in [5.74, 6) is 1.93. The van der Waals surface area contributed by atoms with E-state index in [1.165, 1.54) is 0 Å².